The monoisotopic (exact) mass is 441 g/mol. The molecule has 1 heterocycles. The molecular weight excluding hydrogens is 401 g/mol. The zero-order valence-corrected chi connectivity index (χ0v) is 20.2. The molecule has 4 N–H and O–H groups in total. The van der Waals surface area contributed by atoms with E-state index >= 15 is 0 Å². The molecule has 32 heavy (non-hydrogen) atoms. The Kier molecular flexibility index (Phi) is 8.42. The molecule has 1 aliphatic carbocycles. The van der Waals surface area contributed by atoms with Crippen molar-refractivity contribution in [2.45, 2.75) is 83.7 Å². The number of hydrogen-bond acceptors (Lipinski definition) is 5. The van der Waals surface area contributed by atoms with Crippen molar-refractivity contribution in [3.05, 3.63) is 35.9 Å². The van der Waals surface area contributed by atoms with Crippen molar-refractivity contribution in [3.8, 4) is 5.75 Å². The van der Waals surface area contributed by atoms with Gasteiger partial charge in [-0.1, -0.05) is 24.8 Å². The van der Waals surface area contributed by atoms with E-state index in [0.29, 0.717) is 30.6 Å². The first-order valence-corrected chi connectivity index (χ1v) is 12.0. The fourth-order valence-electron chi connectivity index (χ4n) is 4.70. The Morgan fingerprint density at radius 2 is 1.94 bits per heavy atom. The second-order valence-electron chi connectivity index (χ2n) is 10.5. The third kappa shape index (κ3) is 7.09. The van der Waals surface area contributed by atoms with Gasteiger partial charge in [-0.15, -0.1) is 0 Å². The van der Waals surface area contributed by atoms with E-state index in [4.69, 9.17) is 4.65 Å². The van der Waals surface area contributed by atoms with Crippen molar-refractivity contribution in [2.24, 2.45) is 5.92 Å². The van der Waals surface area contributed by atoms with Crippen LogP contribution in [0, 0.1) is 5.92 Å². The van der Waals surface area contributed by atoms with Gasteiger partial charge in [0.1, 0.15) is 5.75 Å². The highest BCUT2D eigenvalue weighted by atomic mass is 16.5. The fourth-order valence-corrected chi connectivity index (χ4v) is 4.70. The molecule has 1 atom stereocenters. The molecule has 0 bridgehead atoms. The minimum atomic E-state index is -1.05. The van der Waals surface area contributed by atoms with Crippen LogP contribution in [0.2, 0.25) is 0 Å². The van der Waals surface area contributed by atoms with Crippen LogP contribution in [-0.2, 0) is 11.2 Å². The molecule has 3 rings (SSSR count). The highest BCUT2D eigenvalue weighted by Gasteiger charge is 2.37. The van der Waals surface area contributed by atoms with Crippen LogP contribution in [0.1, 0.15) is 70.9 Å². The minimum absolute atomic E-state index is 0.00272. The van der Waals surface area contributed by atoms with E-state index in [1.165, 1.54) is 0 Å². The van der Waals surface area contributed by atoms with E-state index in [2.05, 4.69) is 43.3 Å². The molecular formula is C25H40BN3O3. The van der Waals surface area contributed by atoms with Crippen molar-refractivity contribution in [3.63, 3.8) is 0 Å². The summed E-state index contributed by atoms with van der Waals surface area (Å²) >= 11 is 0. The molecule has 0 unspecified atom stereocenters. The quantitative estimate of drug-likeness (QED) is 0.368. The van der Waals surface area contributed by atoms with E-state index in [1.807, 2.05) is 25.1 Å². The maximum atomic E-state index is 12.7. The number of fused-ring (bicyclic) bond motifs is 1. The van der Waals surface area contributed by atoms with Crippen LogP contribution in [0.5, 0.6) is 5.75 Å². The van der Waals surface area contributed by atoms with Crippen molar-refractivity contribution in [1.82, 2.24) is 16.0 Å². The van der Waals surface area contributed by atoms with Gasteiger partial charge in [0.2, 0.25) is 5.91 Å². The van der Waals surface area contributed by atoms with E-state index in [1.54, 1.807) is 0 Å². The van der Waals surface area contributed by atoms with Gasteiger partial charge >= 0.3 is 7.12 Å². The van der Waals surface area contributed by atoms with Crippen molar-refractivity contribution >= 4 is 18.6 Å². The maximum absolute atomic E-state index is 12.7. The number of allylic oxidation sites excluding steroid dienone is 1. The molecule has 176 valence electrons. The first-order chi connectivity index (χ1) is 15.1. The van der Waals surface area contributed by atoms with Gasteiger partial charge in [-0.25, -0.2) is 0 Å². The number of nitrogens with one attached hydrogen (secondary N) is 3. The summed E-state index contributed by atoms with van der Waals surface area (Å²) in [5.41, 5.74) is 2.95. The van der Waals surface area contributed by atoms with Gasteiger partial charge in [0, 0.05) is 36.7 Å². The lowest BCUT2D eigenvalue weighted by Crippen LogP contribution is -2.53. The molecule has 0 radical (unpaired) electrons. The van der Waals surface area contributed by atoms with Gasteiger partial charge in [-0.2, -0.15) is 0 Å². The molecule has 7 heteroatoms. The number of carbonyl (C=O) groups is 1. The predicted octanol–water partition coefficient (Wildman–Crippen LogP) is 3.09. The topological polar surface area (TPSA) is 82.6 Å². The van der Waals surface area contributed by atoms with Crippen molar-refractivity contribution in [1.29, 1.82) is 0 Å². The Bertz CT molecular complexity index is 800. The zero-order chi connectivity index (χ0) is 23.3. The second-order valence-corrected chi connectivity index (χ2v) is 10.5. The zero-order valence-electron chi connectivity index (χ0n) is 20.2. The van der Waals surface area contributed by atoms with Crippen LogP contribution in [-0.4, -0.2) is 48.7 Å². The summed E-state index contributed by atoms with van der Waals surface area (Å²) in [5.74, 6) is 0.665. The highest BCUT2D eigenvalue weighted by Crippen LogP contribution is 2.33. The number of rotatable bonds is 8. The average Bonchev–Trinajstić information content (AvgIpc) is 2.71. The van der Waals surface area contributed by atoms with E-state index in [0.717, 1.165) is 55.5 Å². The normalized spacial score (nSPS) is 23.3. The van der Waals surface area contributed by atoms with Gasteiger partial charge in [-0.05, 0) is 76.9 Å². The minimum Gasteiger partial charge on any atom is -0.534 e. The van der Waals surface area contributed by atoms with Crippen LogP contribution < -0.4 is 20.6 Å². The molecule has 6 nitrogen and oxygen atoms in total. The number of hydrogen-bond donors (Lipinski definition) is 4. The van der Waals surface area contributed by atoms with Crippen molar-refractivity contribution < 1.29 is 14.5 Å². The molecule has 1 aliphatic heterocycles. The van der Waals surface area contributed by atoms with E-state index in [9.17, 15) is 9.82 Å². The van der Waals surface area contributed by atoms with Crippen LogP contribution in [0.15, 0.2) is 24.8 Å². The lowest BCUT2D eigenvalue weighted by molar-refractivity contribution is -0.122. The fraction of sp³-hybridized carbons (Fsp3) is 0.640. The molecule has 1 fully saturated rings. The molecule has 2 aliphatic rings. The molecule has 1 aromatic carbocycles. The van der Waals surface area contributed by atoms with Gasteiger partial charge in [0.15, 0.2) is 0 Å². The Morgan fingerprint density at radius 1 is 1.22 bits per heavy atom. The van der Waals surface area contributed by atoms with Gasteiger partial charge in [-0.3, -0.25) is 4.79 Å². The molecule has 0 saturated heterocycles. The first-order valence-electron chi connectivity index (χ1n) is 12.0. The highest BCUT2D eigenvalue weighted by molar-refractivity contribution is 6.46. The number of para-hydroxylation sites is 1. The summed E-state index contributed by atoms with van der Waals surface area (Å²) in [4.78, 5) is 12.7. The SMILES string of the molecule is C=C(C)c1cccc2c1OB(O)[C@@H](NC(=O)C[C@H]1CC[C@H](NCCNC(C)(C)C)CC1)C2. The summed E-state index contributed by atoms with van der Waals surface area (Å²) in [6.07, 6.45) is 5.42. The second kappa shape index (κ2) is 10.9. The molecule has 1 aromatic rings. The van der Waals surface area contributed by atoms with Gasteiger partial charge < -0.3 is 25.6 Å². The third-order valence-corrected chi connectivity index (χ3v) is 6.46. The van der Waals surface area contributed by atoms with E-state index in [-0.39, 0.29) is 11.4 Å². The van der Waals surface area contributed by atoms with Gasteiger partial charge in [0.05, 0.1) is 5.94 Å². The largest absolute Gasteiger partial charge is 0.547 e. The molecule has 0 aromatic heterocycles. The summed E-state index contributed by atoms with van der Waals surface area (Å²) in [5, 5.41) is 20.6. The number of carbonyl (C=O) groups excluding carboxylic acids is 1. The lowest BCUT2D eigenvalue weighted by atomic mass is 9.72. The van der Waals surface area contributed by atoms with Crippen LogP contribution in [0.4, 0.5) is 0 Å². The smallest absolute Gasteiger partial charge is 0.534 e. The number of benzene rings is 1. The Balaban J connectivity index is 1.41. The average molecular weight is 441 g/mol. The predicted molar refractivity (Wildman–Crippen MR) is 132 cm³/mol. The summed E-state index contributed by atoms with van der Waals surface area (Å²) in [7, 11) is -1.05. The third-order valence-electron chi connectivity index (χ3n) is 6.46. The van der Waals surface area contributed by atoms with Crippen LogP contribution in [0.25, 0.3) is 5.57 Å². The van der Waals surface area contributed by atoms with Crippen LogP contribution in [0.3, 0.4) is 0 Å². The molecule has 1 amide bonds. The molecule has 1 saturated carbocycles. The maximum Gasteiger partial charge on any atom is 0.547 e. The summed E-state index contributed by atoms with van der Waals surface area (Å²) in [6, 6.07) is 6.44. The Labute approximate surface area is 193 Å². The summed E-state index contributed by atoms with van der Waals surface area (Å²) < 4.78 is 5.78. The lowest BCUT2D eigenvalue weighted by Gasteiger charge is -2.31. The Morgan fingerprint density at radius 3 is 2.59 bits per heavy atom. The van der Waals surface area contributed by atoms with E-state index < -0.39 is 13.1 Å². The van der Waals surface area contributed by atoms with Crippen molar-refractivity contribution in [2.75, 3.05) is 13.1 Å². The molecule has 0 spiro atoms. The first kappa shape index (κ1) is 24.8. The van der Waals surface area contributed by atoms with Crippen LogP contribution >= 0.6 is 0 Å². The number of amides is 1. The standard InChI is InChI=1S/C25H40BN3O3/c1-17(2)21-8-6-7-19-16-22(26(31)32-24(19)21)29-23(30)15-18-9-11-20(12-10-18)27-13-14-28-25(3,4)5/h6-8,18,20,22,27-28,31H,1,9-16H2,2-5H3,(H,29,30)/t18-,20-,22-/m0/s1. The summed E-state index contributed by atoms with van der Waals surface area (Å²) in [6.45, 7) is 14.4. The van der Waals surface area contributed by atoms with Gasteiger partial charge in [0.25, 0.3) is 0 Å². The Hall–Kier alpha value is -1.83.